The highest BCUT2D eigenvalue weighted by Crippen LogP contribution is 2.29. The second-order valence-corrected chi connectivity index (χ2v) is 4.15. The summed E-state index contributed by atoms with van der Waals surface area (Å²) in [7, 11) is 0. The predicted octanol–water partition coefficient (Wildman–Crippen LogP) is 3.83. The van der Waals surface area contributed by atoms with Gasteiger partial charge in [0.2, 0.25) is 0 Å². The van der Waals surface area contributed by atoms with Gasteiger partial charge < -0.3 is 9.47 Å². The molecule has 0 aliphatic heterocycles. The van der Waals surface area contributed by atoms with Crippen molar-refractivity contribution in [1.29, 1.82) is 0 Å². The van der Waals surface area contributed by atoms with Crippen LogP contribution in [0.25, 0.3) is 0 Å². The lowest BCUT2D eigenvalue weighted by Gasteiger charge is -2.15. The molecule has 0 unspecified atom stereocenters. The van der Waals surface area contributed by atoms with Crippen molar-refractivity contribution in [3.8, 4) is 11.5 Å². The van der Waals surface area contributed by atoms with E-state index in [1.165, 1.54) is 5.56 Å². The highest BCUT2D eigenvalue weighted by Gasteiger charge is 2.07. The van der Waals surface area contributed by atoms with Crippen LogP contribution >= 0.6 is 0 Å². The minimum atomic E-state index is 0.177. The van der Waals surface area contributed by atoms with Crippen molar-refractivity contribution in [2.24, 2.45) is 0 Å². The van der Waals surface area contributed by atoms with Crippen LogP contribution in [0.5, 0.6) is 11.5 Å². The van der Waals surface area contributed by atoms with Crippen molar-refractivity contribution in [2.45, 2.75) is 46.6 Å². The fourth-order valence-corrected chi connectivity index (χ4v) is 1.45. The molecule has 0 radical (unpaired) electrons. The molecule has 0 aromatic heterocycles. The Morgan fingerprint density at radius 2 is 1.88 bits per heavy atom. The Morgan fingerprint density at radius 1 is 1.12 bits per heavy atom. The maximum absolute atomic E-state index is 5.72. The van der Waals surface area contributed by atoms with Crippen LogP contribution in [-0.4, -0.2) is 12.7 Å². The number of hydrogen-bond acceptors (Lipinski definition) is 2. The van der Waals surface area contributed by atoms with Gasteiger partial charge in [-0.25, -0.2) is 0 Å². The maximum Gasteiger partial charge on any atom is 0.161 e. The predicted molar refractivity (Wildman–Crippen MR) is 67.4 cm³/mol. The van der Waals surface area contributed by atoms with E-state index >= 15 is 0 Å². The van der Waals surface area contributed by atoms with Crippen LogP contribution in [0.2, 0.25) is 0 Å². The molecule has 0 N–H and O–H groups in total. The van der Waals surface area contributed by atoms with Gasteiger partial charge in [0.1, 0.15) is 0 Å². The van der Waals surface area contributed by atoms with Gasteiger partial charge in [0.25, 0.3) is 0 Å². The van der Waals surface area contributed by atoms with Gasteiger partial charge in [-0.1, -0.05) is 19.9 Å². The zero-order valence-corrected chi connectivity index (χ0v) is 10.7. The Balaban J connectivity index is 2.87. The van der Waals surface area contributed by atoms with Gasteiger partial charge in [0, 0.05) is 0 Å². The molecule has 0 atom stereocenters. The summed E-state index contributed by atoms with van der Waals surface area (Å²) in [4.78, 5) is 0. The lowest BCUT2D eigenvalue weighted by Crippen LogP contribution is -2.08. The molecule has 2 nitrogen and oxygen atoms in total. The zero-order valence-electron chi connectivity index (χ0n) is 10.7. The quantitative estimate of drug-likeness (QED) is 0.728. The number of rotatable bonds is 6. The summed E-state index contributed by atoms with van der Waals surface area (Å²) in [5.74, 6) is 1.72. The zero-order chi connectivity index (χ0) is 12.0. The molecule has 1 aromatic rings. The topological polar surface area (TPSA) is 18.5 Å². The number of ether oxygens (including phenoxy) is 2. The Morgan fingerprint density at radius 3 is 2.44 bits per heavy atom. The van der Waals surface area contributed by atoms with Crippen LogP contribution in [0.1, 0.15) is 39.7 Å². The molecule has 0 bridgehead atoms. The van der Waals surface area contributed by atoms with Crippen LogP contribution in [0.15, 0.2) is 18.2 Å². The summed E-state index contributed by atoms with van der Waals surface area (Å²) < 4.78 is 11.4. The SMILES string of the molecule is CCCOc1cc(CC)ccc1OC(C)C. The first-order valence-electron chi connectivity index (χ1n) is 6.09. The minimum absolute atomic E-state index is 0.177. The van der Waals surface area contributed by atoms with Crippen molar-refractivity contribution in [3.63, 3.8) is 0 Å². The van der Waals surface area contributed by atoms with Gasteiger partial charge in [0.05, 0.1) is 12.7 Å². The molecule has 1 aromatic carbocycles. The van der Waals surface area contributed by atoms with Crippen LogP contribution in [-0.2, 0) is 6.42 Å². The summed E-state index contributed by atoms with van der Waals surface area (Å²) in [6.45, 7) is 9.03. The molecule has 16 heavy (non-hydrogen) atoms. The lowest BCUT2D eigenvalue weighted by molar-refractivity contribution is 0.221. The Labute approximate surface area is 98.6 Å². The largest absolute Gasteiger partial charge is 0.490 e. The molecule has 0 amide bonds. The van der Waals surface area contributed by atoms with Gasteiger partial charge in [-0.05, 0) is 44.4 Å². The summed E-state index contributed by atoms with van der Waals surface area (Å²) >= 11 is 0. The molecule has 2 heteroatoms. The Hall–Kier alpha value is -1.18. The smallest absolute Gasteiger partial charge is 0.161 e. The van der Waals surface area contributed by atoms with Crippen LogP contribution in [0, 0.1) is 0 Å². The average molecular weight is 222 g/mol. The van der Waals surface area contributed by atoms with Crippen LogP contribution < -0.4 is 9.47 Å². The normalized spacial score (nSPS) is 10.6. The third kappa shape index (κ3) is 3.76. The summed E-state index contributed by atoms with van der Waals surface area (Å²) in [5.41, 5.74) is 1.28. The molecule has 0 aliphatic carbocycles. The first-order valence-corrected chi connectivity index (χ1v) is 6.09. The molecular formula is C14H22O2. The Kier molecular flexibility index (Phi) is 5.17. The molecule has 90 valence electrons. The van der Waals surface area contributed by atoms with Crippen molar-refractivity contribution in [3.05, 3.63) is 23.8 Å². The second-order valence-electron chi connectivity index (χ2n) is 4.15. The van der Waals surface area contributed by atoms with Gasteiger partial charge >= 0.3 is 0 Å². The van der Waals surface area contributed by atoms with E-state index in [2.05, 4.69) is 26.0 Å². The molecule has 0 saturated carbocycles. The maximum atomic E-state index is 5.72. The van der Waals surface area contributed by atoms with E-state index in [0.717, 1.165) is 30.9 Å². The first kappa shape index (κ1) is 12.9. The van der Waals surface area contributed by atoms with E-state index in [9.17, 15) is 0 Å². The molecule has 0 fully saturated rings. The van der Waals surface area contributed by atoms with Gasteiger partial charge in [-0.3, -0.25) is 0 Å². The molecule has 1 rings (SSSR count). The summed E-state index contributed by atoms with van der Waals surface area (Å²) in [6.07, 6.45) is 2.21. The monoisotopic (exact) mass is 222 g/mol. The second kappa shape index (κ2) is 6.41. The standard InChI is InChI=1S/C14H22O2/c1-5-9-15-14-10-12(6-2)7-8-13(14)16-11(3)4/h7-8,10-11H,5-6,9H2,1-4H3. The number of aryl methyl sites for hydroxylation is 1. The van der Waals surface area contributed by atoms with E-state index in [0.29, 0.717) is 0 Å². The fraction of sp³-hybridized carbons (Fsp3) is 0.571. The molecule has 0 aliphatic rings. The fourth-order valence-electron chi connectivity index (χ4n) is 1.45. The van der Waals surface area contributed by atoms with E-state index in [1.54, 1.807) is 0 Å². The third-order valence-corrected chi connectivity index (χ3v) is 2.24. The summed E-state index contributed by atoms with van der Waals surface area (Å²) in [5, 5.41) is 0. The molecular weight excluding hydrogens is 200 g/mol. The van der Waals surface area contributed by atoms with Crippen LogP contribution in [0.3, 0.4) is 0 Å². The van der Waals surface area contributed by atoms with E-state index < -0.39 is 0 Å². The minimum Gasteiger partial charge on any atom is -0.490 e. The molecule has 0 spiro atoms. The van der Waals surface area contributed by atoms with Crippen molar-refractivity contribution in [2.75, 3.05) is 6.61 Å². The molecule has 0 heterocycles. The van der Waals surface area contributed by atoms with Crippen molar-refractivity contribution < 1.29 is 9.47 Å². The number of benzene rings is 1. The van der Waals surface area contributed by atoms with Crippen molar-refractivity contribution in [1.82, 2.24) is 0 Å². The number of hydrogen-bond donors (Lipinski definition) is 0. The van der Waals surface area contributed by atoms with E-state index in [-0.39, 0.29) is 6.10 Å². The van der Waals surface area contributed by atoms with E-state index in [1.807, 2.05) is 19.9 Å². The average Bonchev–Trinajstić information content (AvgIpc) is 2.27. The van der Waals surface area contributed by atoms with Crippen molar-refractivity contribution >= 4 is 0 Å². The van der Waals surface area contributed by atoms with Gasteiger partial charge in [-0.2, -0.15) is 0 Å². The van der Waals surface area contributed by atoms with E-state index in [4.69, 9.17) is 9.47 Å². The highest BCUT2D eigenvalue weighted by molar-refractivity contribution is 5.43. The first-order chi connectivity index (χ1) is 7.67. The van der Waals surface area contributed by atoms with Crippen LogP contribution in [0.4, 0.5) is 0 Å². The summed E-state index contributed by atoms with van der Waals surface area (Å²) in [6, 6.07) is 6.17. The van der Waals surface area contributed by atoms with Gasteiger partial charge in [0.15, 0.2) is 11.5 Å². The Bertz CT molecular complexity index is 319. The lowest BCUT2D eigenvalue weighted by atomic mass is 10.1. The molecule has 0 saturated heterocycles. The highest BCUT2D eigenvalue weighted by atomic mass is 16.5. The third-order valence-electron chi connectivity index (χ3n) is 2.24. The van der Waals surface area contributed by atoms with Gasteiger partial charge in [-0.15, -0.1) is 0 Å².